The van der Waals surface area contributed by atoms with Gasteiger partial charge in [0.25, 0.3) is 0 Å². The van der Waals surface area contributed by atoms with Crippen LogP contribution < -0.4 is 5.73 Å². The van der Waals surface area contributed by atoms with Crippen LogP contribution in [0.3, 0.4) is 0 Å². The standard InChI is InChI=1S/C12H11ClF3N3/c1-7(17)8-2-3-11(10(13)4-8)19-6-9(5-18-19)12(14,15)16/h2-7H,17H2,1H3/t7-/m1/s1. The van der Waals surface area contributed by atoms with E-state index in [4.69, 9.17) is 17.3 Å². The number of nitrogens with zero attached hydrogens (tertiary/aromatic N) is 2. The van der Waals surface area contributed by atoms with E-state index in [0.717, 1.165) is 22.6 Å². The SMILES string of the molecule is C[C@@H](N)c1ccc(-n2cc(C(F)(F)F)cn2)c(Cl)c1. The zero-order valence-electron chi connectivity index (χ0n) is 9.95. The molecule has 0 spiro atoms. The fraction of sp³-hybridized carbons (Fsp3) is 0.250. The second-order valence-electron chi connectivity index (χ2n) is 4.17. The Hall–Kier alpha value is -1.53. The minimum absolute atomic E-state index is 0.199. The van der Waals surface area contributed by atoms with Crippen LogP contribution in [0.25, 0.3) is 5.69 Å². The molecule has 0 amide bonds. The highest BCUT2D eigenvalue weighted by atomic mass is 35.5. The van der Waals surface area contributed by atoms with Gasteiger partial charge in [0, 0.05) is 12.2 Å². The Kier molecular flexibility index (Phi) is 3.56. The lowest BCUT2D eigenvalue weighted by atomic mass is 10.1. The molecule has 3 nitrogen and oxygen atoms in total. The van der Waals surface area contributed by atoms with E-state index in [2.05, 4.69) is 5.10 Å². The summed E-state index contributed by atoms with van der Waals surface area (Å²) in [6.07, 6.45) is -2.76. The van der Waals surface area contributed by atoms with Gasteiger partial charge in [0.2, 0.25) is 0 Å². The molecule has 0 saturated heterocycles. The van der Waals surface area contributed by atoms with E-state index in [9.17, 15) is 13.2 Å². The molecule has 0 bridgehead atoms. The summed E-state index contributed by atoms with van der Waals surface area (Å²) in [5, 5.41) is 3.97. The maximum atomic E-state index is 12.5. The predicted octanol–water partition coefficient (Wildman–Crippen LogP) is 3.56. The van der Waals surface area contributed by atoms with Gasteiger partial charge >= 0.3 is 6.18 Å². The smallest absolute Gasteiger partial charge is 0.324 e. The number of benzene rings is 1. The van der Waals surface area contributed by atoms with Crippen molar-refractivity contribution in [1.29, 1.82) is 0 Å². The highest BCUT2D eigenvalue weighted by Gasteiger charge is 2.32. The van der Waals surface area contributed by atoms with Gasteiger partial charge in [-0.15, -0.1) is 0 Å². The summed E-state index contributed by atoms with van der Waals surface area (Å²) < 4.78 is 38.5. The van der Waals surface area contributed by atoms with Gasteiger partial charge in [0.1, 0.15) is 0 Å². The number of nitrogens with two attached hydrogens (primary N) is 1. The van der Waals surface area contributed by atoms with Crippen molar-refractivity contribution < 1.29 is 13.2 Å². The van der Waals surface area contributed by atoms with Crippen molar-refractivity contribution in [3.05, 3.63) is 46.7 Å². The molecule has 1 aromatic heterocycles. The van der Waals surface area contributed by atoms with Crippen molar-refractivity contribution in [2.75, 3.05) is 0 Å². The number of aromatic nitrogens is 2. The van der Waals surface area contributed by atoms with E-state index in [1.807, 2.05) is 0 Å². The fourth-order valence-electron chi connectivity index (χ4n) is 1.59. The first-order valence-corrected chi connectivity index (χ1v) is 5.84. The van der Waals surface area contributed by atoms with Gasteiger partial charge < -0.3 is 5.73 Å². The quantitative estimate of drug-likeness (QED) is 0.918. The molecular formula is C12H11ClF3N3. The largest absolute Gasteiger partial charge is 0.419 e. The molecule has 1 heterocycles. The lowest BCUT2D eigenvalue weighted by molar-refractivity contribution is -0.137. The third-order valence-electron chi connectivity index (χ3n) is 2.65. The molecular weight excluding hydrogens is 279 g/mol. The van der Waals surface area contributed by atoms with E-state index >= 15 is 0 Å². The summed E-state index contributed by atoms with van der Waals surface area (Å²) in [5.41, 5.74) is 6.06. The molecule has 0 aliphatic rings. The molecule has 2 rings (SSSR count). The van der Waals surface area contributed by atoms with Crippen LogP contribution in [0.1, 0.15) is 24.1 Å². The van der Waals surface area contributed by atoms with Gasteiger partial charge in [-0.3, -0.25) is 0 Å². The average Bonchev–Trinajstić information content (AvgIpc) is 2.77. The zero-order valence-corrected chi connectivity index (χ0v) is 10.7. The van der Waals surface area contributed by atoms with Crippen molar-refractivity contribution in [2.24, 2.45) is 5.73 Å². The minimum atomic E-state index is -4.42. The molecule has 0 fully saturated rings. The van der Waals surface area contributed by atoms with Gasteiger partial charge in [0.05, 0.1) is 22.5 Å². The van der Waals surface area contributed by atoms with Gasteiger partial charge in [0.15, 0.2) is 0 Å². The van der Waals surface area contributed by atoms with Crippen LogP contribution >= 0.6 is 11.6 Å². The summed E-state index contributed by atoms with van der Waals surface area (Å²) >= 11 is 6.03. The number of alkyl halides is 3. The number of hydrogen-bond acceptors (Lipinski definition) is 2. The minimum Gasteiger partial charge on any atom is -0.324 e. The van der Waals surface area contributed by atoms with E-state index in [0.29, 0.717) is 10.7 Å². The van der Waals surface area contributed by atoms with Gasteiger partial charge in [-0.2, -0.15) is 18.3 Å². The Balaban J connectivity index is 2.40. The van der Waals surface area contributed by atoms with Crippen molar-refractivity contribution in [3.8, 4) is 5.69 Å². The summed E-state index contributed by atoms with van der Waals surface area (Å²) in [4.78, 5) is 0. The molecule has 1 aromatic carbocycles. The molecule has 0 unspecified atom stereocenters. The first-order chi connectivity index (χ1) is 8.79. The zero-order chi connectivity index (χ0) is 14.2. The Labute approximate surface area is 112 Å². The molecule has 19 heavy (non-hydrogen) atoms. The third kappa shape index (κ3) is 2.90. The Bertz CT molecular complexity index is 590. The van der Waals surface area contributed by atoms with Crippen molar-refractivity contribution >= 4 is 11.6 Å². The number of rotatable bonds is 2. The maximum absolute atomic E-state index is 12.5. The molecule has 0 radical (unpaired) electrons. The van der Waals surface area contributed by atoms with E-state index in [-0.39, 0.29) is 6.04 Å². The second kappa shape index (κ2) is 4.86. The normalized spacial score (nSPS) is 13.6. The van der Waals surface area contributed by atoms with Crippen LogP contribution in [0.2, 0.25) is 5.02 Å². The maximum Gasteiger partial charge on any atom is 0.419 e. The summed E-state index contributed by atoms with van der Waals surface area (Å²) in [6.45, 7) is 1.79. The van der Waals surface area contributed by atoms with Gasteiger partial charge in [-0.1, -0.05) is 17.7 Å². The predicted molar refractivity (Wildman–Crippen MR) is 66.2 cm³/mol. The molecule has 0 aliphatic carbocycles. The summed E-state index contributed by atoms with van der Waals surface area (Å²) in [5.74, 6) is 0. The molecule has 2 aromatic rings. The summed E-state index contributed by atoms with van der Waals surface area (Å²) in [7, 11) is 0. The van der Waals surface area contributed by atoms with Crippen LogP contribution in [0.4, 0.5) is 13.2 Å². The van der Waals surface area contributed by atoms with E-state index < -0.39 is 11.7 Å². The fourth-order valence-corrected chi connectivity index (χ4v) is 1.87. The first kappa shape index (κ1) is 13.9. The molecule has 7 heteroatoms. The summed E-state index contributed by atoms with van der Waals surface area (Å²) in [6, 6.07) is 4.72. The van der Waals surface area contributed by atoms with E-state index in [1.54, 1.807) is 25.1 Å². The Morgan fingerprint density at radius 1 is 1.37 bits per heavy atom. The van der Waals surface area contributed by atoms with Gasteiger partial charge in [-0.05, 0) is 24.6 Å². The van der Waals surface area contributed by atoms with Crippen LogP contribution in [-0.4, -0.2) is 9.78 Å². The van der Waals surface area contributed by atoms with Crippen LogP contribution in [0.5, 0.6) is 0 Å². The first-order valence-electron chi connectivity index (χ1n) is 5.46. The van der Waals surface area contributed by atoms with Crippen molar-refractivity contribution in [1.82, 2.24) is 9.78 Å². The van der Waals surface area contributed by atoms with E-state index in [1.165, 1.54) is 0 Å². The highest BCUT2D eigenvalue weighted by Crippen LogP contribution is 2.30. The monoisotopic (exact) mass is 289 g/mol. The molecule has 1 atom stereocenters. The molecule has 0 saturated carbocycles. The van der Waals surface area contributed by atoms with Crippen LogP contribution in [0, 0.1) is 0 Å². The number of hydrogen-bond donors (Lipinski definition) is 1. The van der Waals surface area contributed by atoms with Crippen molar-refractivity contribution in [3.63, 3.8) is 0 Å². The molecule has 2 N–H and O–H groups in total. The third-order valence-corrected chi connectivity index (χ3v) is 2.96. The lowest BCUT2D eigenvalue weighted by Gasteiger charge is -2.09. The van der Waals surface area contributed by atoms with Crippen molar-refractivity contribution in [2.45, 2.75) is 19.1 Å². The molecule has 0 aliphatic heterocycles. The topological polar surface area (TPSA) is 43.8 Å². The van der Waals surface area contributed by atoms with Crippen LogP contribution in [0.15, 0.2) is 30.6 Å². The second-order valence-corrected chi connectivity index (χ2v) is 4.58. The Morgan fingerprint density at radius 3 is 2.53 bits per heavy atom. The average molecular weight is 290 g/mol. The lowest BCUT2D eigenvalue weighted by Crippen LogP contribution is -2.06. The van der Waals surface area contributed by atoms with Gasteiger partial charge in [-0.25, -0.2) is 4.68 Å². The highest BCUT2D eigenvalue weighted by molar-refractivity contribution is 6.32. The number of halogens is 4. The Morgan fingerprint density at radius 2 is 2.05 bits per heavy atom. The van der Waals surface area contributed by atoms with Crippen LogP contribution in [-0.2, 0) is 6.18 Å². The molecule has 102 valence electrons.